The lowest BCUT2D eigenvalue weighted by atomic mass is 10.3. The maximum atomic E-state index is 12.3. The third-order valence-electron chi connectivity index (χ3n) is 2.38. The summed E-state index contributed by atoms with van der Waals surface area (Å²) in [5, 5.41) is 10.5. The van der Waals surface area contributed by atoms with Crippen molar-refractivity contribution in [1.82, 2.24) is 0 Å². The highest BCUT2D eigenvalue weighted by Gasteiger charge is 2.29. The van der Waals surface area contributed by atoms with Crippen molar-refractivity contribution in [3.63, 3.8) is 0 Å². The van der Waals surface area contributed by atoms with Crippen LogP contribution >= 0.6 is 7.82 Å². The third-order valence-corrected chi connectivity index (χ3v) is 3.57. The summed E-state index contributed by atoms with van der Waals surface area (Å²) in [4.78, 5) is 9.99. The quantitative estimate of drug-likeness (QED) is 0.456. The number of benzene rings is 2. The average molecular weight is 308 g/mol. The molecule has 0 aromatic heterocycles. The minimum Gasteiger partial charge on any atom is -0.395 e. The number of rotatable bonds is 6. The van der Waals surface area contributed by atoms with Gasteiger partial charge in [-0.2, -0.15) is 0 Å². The van der Waals surface area contributed by atoms with Gasteiger partial charge in [0.1, 0.15) is 11.5 Å². The van der Waals surface area contributed by atoms with E-state index < -0.39 is 12.7 Å². The predicted octanol–water partition coefficient (Wildman–Crippen LogP) is 3.97. The van der Waals surface area contributed by atoms with Gasteiger partial charge in [0.25, 0.3) is 5.69 Å². The van der Waals surface area contributed by atoms with Gasteiger partial charge < -0.3 is 9.05 Å². The normalized spacial score (nSPS) is 13.2. The Morgan fingerprint density at radius 1 is 0.952 bits per heavy atom. The lowest BCUT2D eigenvalue weighted by molar-refractivity contribution is -0.384. The minimum absolute atomic E-state index is 0.100. The van der Waals surface area contributed by atoms with Crippen molar-refractivity contribution in [3.05, 3.63) is 71.8 Å². The lowest BCUT2D eigenvalue weighted by Crippen LogP contribution is -2.02. The Morgan fingerprint density at radius 2 is 1.48 bits per heavy atom. The second kappa shape index (κ2) is 6.39. The number of non-ortho nitro benzene ring substituents is 1. The van der Waals surface area contributed by atoms with Crippen molar-refractivity contribution in [3.8, 4) is 11.5 Å². The molecule has 1 radical (unpaired) electrons. The van der Waals surface area contributed by atoms with E-state index in [2.05, 4.69) is 11.6 Å². The Kier molecular flexibility index (Phi) is 4.57. The van der Waals surface area contributed by atoms with Crippen LogP contribution in [0.15, 0.2) is 54.6 Å². The average Bonchev–Trinajstić information content (AvgIpc) is 2.48. The summed E-state index contributed by atoms with van der Waals surface area (Å²) in [6, 6.07) is 13.3. The summed E-state index contributed by atoms with van der Waals surface area (Å²) >= 11 is 0. The van der Waals surface area contributed by atoms with E-state index in [9.17, 15) is 14.7 Å². The summed E-state index contributed by atoms with van der Waals surface area (Å²) in [7, 11) is -0.889. The number of nitro benzene ring substituents is 1. The van der Waals surface area contributed by atoms with Crippen LogP contribution in [0.25, 0.3) is 0 Å². The fraction of sp³-hybridized carbons (Fsp3) is 0. The monoisotopic (exact) mass is 308 g/mol. The molecule has 0 N–H and O–H groups in total. The van der Waals surface area contributed by atoms with Crippen molar-refractivity contribution in [1.29, 1.82) is 0 Å². The second-order valence-corrected chi connectivity index (χ2v) is 5.34. The van der Waals surface area contributed by atoms with Gasteiger partial charge in [-0.1, -0.05) is 18.2 Å². The smallest absolute Gasteiger partial charge is 0.395 e. The molecule has 0 heterocycles. The minimum atomic E-state index is -3.96. The SMILES string of the molecule is [CH2]OP(=O)(Oc1ccccc1)Oc1ccc([N+](=O)[O-])cc1. The van der Waals surface area contributed by atoms with Gasteiger partial charge in [-0.15, -0.1) is 0 Å². The van der Waals surface area contributed by atoms with Crippen LogP contribution in [0.5, 0.6) is 11.5 Å². The molecule has 0 aliphatic heterocycles. The first-order valence-electron chi connectivity index (χ1n) is 5.75. The molecule has 2 rings (SSSR count). The Morgan fingerprint density at radius 3 is 1.95 bits per heavy atom. The van der Waals surface area contributed by atoms with E-state index in [4.69, 9.17) is 9.05 Å². The summed E-state index contributed by atoms with van der Waals surface area (Å²) in [6.07, 6.45) is 0. The van der Waals surface area contributed by atoms with Crippen molar-refractivity contribution >= 4 is 13.5 Å². The maximum Gasteiger partial charge on any atom is 0.587 e. The topological polar surface area (TPSA) is 87.9 Å². The number of phosphoric ester groups is 1. The van der Waals surface area contributed by atoms with E-state index in [0.29, 0.717) is 0 Å². The van der Waals surface area contributed by atoms with E-state index in [0.717, 1.165) is 0 Å². The van der Waals surface area contributed by atoms with Crippen LogP contribution in [0.2, 0.25) is 0 Å². The molecule has 109 valence electrons. The van der Waals surface area contributed by atoms with Gasteiger partial charge in [-0.3, -0.25) is 14.6 Å². The summed E-state index contributed by atoms with van der Waals surface area (Å²) in [5.41, 5.74) is -0.114. The molecule has 7 nitrogen and oxygen atoms in total. The molecule has 0 amide bonds. The molecular weight excluding hydrogens is 297 g/mol. The fourth-order valence-electron chi connectivity index (χ4n) is 1.44. The summed E-state index contributed by atoms with van der Waals surface area (Å²) in [6.45, 7) is 0. The van der Waals surface area contributed by atoms with Crippen molar-refractivity contribution < 1.29 is 23.1 Å². The van der Waals surface area contributed by atoms with Crippen LogP contribution in [-0.2, 0) is 9.09 Å². The number of nitro groups is 1. The van der Waals surface area contributed by atoms with Gasteiger partial charge >= 0.3 is 7.82 Å². The lowest BCUT2D eigenvalue weighted by Gasteiger charge is -2.16. The van der Waals surface area contributed by atoms with Gasteiger partial charge in [0.05, 0.1) is 12.0 Å². The Balaban J connectivity index is 2.14. The molecule has 0 saturated heterocycles. The van der Waals surface area contributed by atoms with E-state index in [1.54, 1.807) is 30.3 Å². The van der Waals surface area contributed by atoms with E-state index in [1.807, 2.05) is 0 Å². The zero-order chi connectivity index (χ0) is 15.3. The number of hydrogen-bond acceptors (Lipinski definition) is 6. The Hall–Kier alpha value is -2.37. The van der Waals surface area contributed by atoms with Gasteiger partial charge in [0, 0.05) is 12.1 Å². The molecule has 1 unspecified atom stereocenters. The first-order chi connectivity index (χ1) is 10.0. The highest BCUT2D eigenvalue weighted by Crippen LogP contribution is 2.49. The maximum absolute atomic E-state index is 12.3. The molecule has 0 aliphatic carbocycles. The Bertz CT molecular complexity index is 658. The second-order valence-electron chi connectivity index (χ2n) is 3.82. The van der Waals surface area contributed by atoms with Crippen LogP contribution < -0.4 is 9.05 Å². The number of hydrogen-bond donors (Lipinski definition) is 0. The van der Waals surface area contributed by atoms with E-state index in [-0.39, 0.29) is 17.2 Å². The molecule has 0 fully saturated rings. The molecule has 1 atom stereocenters. The van der Waals surface area contributed by atoms with Crippen molar-refractivity contribution in [2.75, 3.05) is 0 Å². The van der Waals surface area contributed by atoms with Gasteiger partial charge in [-0.25, -0.2) is 4.57 Å². The number of para-hydroxylation sites is 1. The summed E-state index contributed by atoms with van der Waals surface area (Å²) in [5.74, 6) is 0.384. The van der Waals surface area contributed by atoms with Crippen LogP contribution in [0.1, 0.15) is 0 Å². The fourth-order valence-corrected chi connectivity index (χ4v) is 2.34. The number of phosphoric acid groups is 1. The van der Waals surface area contributed by atoms with Gasteiger partial charge in [0.2, 0.25) is 0 Å². The van der Waals surface area contributed by atoms with Gasteiger partial charge in [-0.05, 0) is 24.3 Å². The van der Waals surface area contributed by atoms with E-state index >= 15 is 0 Å². The first kappa shape index (κ1) is 15.0. The van der Waals surface area contributed by atoms with Gasteiger partial charge in [0.15, 0.2) is 0 Å². The van der Waals surface area contributed by atoms with Crippen molar-refractivity contribution in [2.24, 2.45) is 0 Å². The number of nitrogens with zero attached hydrogens (tertiary/aromatic N) is 1. The molecule has 21 heavy (non-hydrogen) atoms. The Labute approximate surface area is 120 Å². The first-order valence-corrected chi connectivity index (χ1v) is 7.21. The molecule has 0 aliphatic rings. The van der Waals surface area contributed by atoms with Crippen LogP contribution in [0, 0.1) is 17.2 Å². The summed E-state index contributed by atoms with van der Waals surface area (Å²) < 4.78 is 27.1. The molecule has 2 aromatic carbocycles. The van der Waals surface area contributed by atoms with Crippen LogP contribution in [0.3, 0.4) is 0 Å². The zero-order valence-corrected chi connectivity index (χ0v) is 11.6. The molecule has 8 heteroatoms. The van der Waals surface area contributed by atoms with Crippen molar-refractivity contribution in [2.45, 2.75) is 0 Å². The molecule has 0 spiro atoms. The third kappa shape index (κ3) is 4.05. The highest BCUT2D eigenvalue weighted by molar-refractivity contribution is 7.49. The van der Waals surface area contributed by atoms with Crippen LogP contribution in [0.4, 0.5) is 5.69 Å². The standard InChI is InChI=1S/C13H11NO6P/c1-18-21(17,19-12-5-3-2-4-6-12)20-13-9-7-11(8-10-13)14(15)16/h2-10H,1H2. The van der Waals surface area contributed by atoms with Crippen LogP contribution in [-0.4, -0.2) is 4.92 Å². The zero-order valence-electron chi connectivity index (χ0n) is 10.7. The molecular formula is C13H11NO6P. The largest absolute Gasteiger partial charge is 0.587 e. The highest BCUT2D eigenvalue weighted by atomic mass is 31.2. The van der Waals surface area contributed by atoms with E-state index in [1.165, 1.54) is 24.3 Å². The molecule has 2 aromatic rings. The molecule has 0 saturated carbocycles. The predicted molar refractivity (Wildman–Crippen MR) is 74.8 cm³/mol. The molecule has 0 bridgehead atoms.